The molecule has 1 aliphatic heterocycles. The van der Waals surface area contributed by atoms with Gasteiger partial charge in [0.1, 0.15) is 0 Å². The van der Waals surface area contributed by atoms with Gasteiger partial charge in [0, 0.05) is 33.7 Å². The Morgan fingerprint density at radius 3 is 2.58 bits per heavy atom. The number of allylic oxidation sites excluding steroid dienone is 1. The number of carbonyl (C=O) groups is 1. The highest BCUT2D eigenvalue weighted by atomic mass is 32.2. The molecule has 0 aliphatic carbocycles. The number of thiazole rings is 1. The molecule has 3 heterocycles. The summed E-state index contributed by atoms with van der Waals surface area (Å²) in [6.07, 6.45) is 3.52. The Labute approximate surface area is 257 Å². The fourth-order valence-corrected chi connectivity index (χ4v) is 6.96. The first-order valence-electron chi connectivity index (χ1n) is 13.0. The van der Waals surface area contributed by atoms with E-state index in [1.165, 1.54) is 22.8 Å². The van der Waals surface area contributed by atoms with Crippen LogP contribution in [0, 0.1) is 17.0 Å². The van der Waals surface area contributed by atoms with Gasteiger partial charge in [-0.25, -0.2) is 14.8 Å². The van der Waals surface area contributed by atoms with Crippen molar-refractivity contribution in [2.45, 2.75) is 41.8 Å². The number of nitro groups is 1. The second-order valence-corrected chi connectivity index (χ2v) is 12.3. The molecule has 0 bridgehead atoms. The number of carbonyl (C=O) groups excluding carboxylic acids is 1. The fraction of sp³-hybridized carbons (Fsp3) is 0.207. The first-order chi connectivity index (χ1) is 20.6. The molecule has 0 spiro atoms. The predicted octanol–water partition coefficient (Wildman–Crippen LogP) is 3.97. The van der Waals surface area contributed by atoms with Gasteiger partial charge in [0.25, 0.3) is 16.8 Å². The van der Waals surface area contributed by atoms with Gasteiger partial charge >= 0.3 is 5.97 Å². The van der Waals surface area contributed by atoms with Gasteiger partial charge in [-0.15, -0.1) is 11.8 Å². The van der Waals surface area contributed by atoms with Crippen LogP contribution in [-0.4, -0.2) is 38.3 Å². The van der Waals surface area contributed by atoms with Gasteiger partial charge in [-0.05, 0) is 62.4 Å². The molecule has 14 heteroatoms. The molecule has 5 rings (SSSR count). The number of benzene rings is 2. The van der Waals surface area contributed by atoms with Crippen molar-refractivity contribution in [1.82, 2.24) is 14.5 Å². The molecule has 1 atom stereocenters. The minimum absolute atomic E-state index is 0.159. The number of aromatic amines is 1. The van der Waals surface area contributed by atoms with E-state index in [4.69, 9.17) is 4.74 Å². The maximum absolute atomic E-state index is 14.0. The Bertz CT molecular complexity index is 2030. The first kappa shape index (κ1) is 30.2. The smallest absolute Gasteiger partial charge is 0.338 e. The molecule has 4 aromatic rings. The van der Waals surface area contributed by atoms with Crippen molar-refractivity contribution in [3.05, 3.63) is 117 Å². The maximum atomic E-state index is 14.0. The van der Waals surface area contributed by atoms with Gasteiger partial charge in [0.15, 0.2) is 9.96 Å². The van der Waals surface area contributed by atoms with Crippen molar-refractivity contribution >= 4 is 52.6 Å². The number of hydrogen-bond acceptors (Lipinski definition) is 11. The van der Waals surface area contributed by atoms with Crippen molar-refractivity contribution in [3.63, 3.8) is 0 Å². The number of H-pyrrole nitrogens is 1. The van der Waals surface area contributed by atoms with Crippen molar-refractivity contribution in [2.24, 2.45) is 4.99 Å². The van der Waals surface area contributed by atoms with Gasteiger partial charge in [-0.3, -0.25) is 24.3 Å². The number of nitrogens with zero attached hydrogens (tertiary/aromatic N) is 4. The zero-order chi connectivity index (χ0) is 30.8. The topological polar surface area (TPSA) is 150 Å². The van der Waals surface area contributed by atoms with Gasteiger partial charge < -0.3 is 9.72 Å². The molecular weight excluding hydrogens is 611 g/mol. The number of nitrogens with one attached hydrogen (secondary N) is 1. The maximum Gasteiger partial charge on any atom is 0.338 e. The fourth-order valence-electron chi connectivity index (χ4n) is 4.59. The molecular formula is C29H25N5O6S3. The average Bonchev–Trinajstić information content (AvgIpc) is 3.26. The van der Waals surface area contributed by atoms with Crippen LogP contribution in [-0.2, 0) is 9.53 Å². The molecule has 1 N–H and O–H groups in total. The predicted molar refractivity (Wildman–Crippen MR) is 165 cm³/mol. The van der Waals surface area contributed by atoms with Gasteiger partial charge in [0.2, 0.25) is 0 Å². The lowest BCUT2D eigenvalue weighted by atomic mass is 9.96. The van der Waals surface area contributed by atoms with E-state index in [2.05, 4.69) is 15.0 Å². The van der Waals surface area contributed by atoms with E-state index in [0.29, 0.717) is 37.4 Å². The number of esters is 1. The standard InChI is InChI=1S/C29H25N5O6S3/c1-5-40-27(37)24-16(3)31-29-33(25(24)17-6-9-20(41-4)10-7-17)26(36)22(43-29)14-18-13-19(34(38)39)8-11-21(18)42-28-30-15(2)12-23(35)32-28/h6-14,25H,5H2,1-4H3,(H,30,32,35)/b22-14+/t25-/m1/s1. The van der Waals surface area contributed by atoms with Crippen LogP contribution in [0.2, 0.25) is 0 Å². The Balaban J connectivity index is 1.70. The molecule has 11 nitrogen and oxygen atoms in total. The Morgan fingerprint density at radius 2 is 1.93 bits per heavy atom. The van der Waals surface area contributed by atoms with Gasteiger partial charge in [-0.1, -0.05) is 35.2 Å². The van der Waals surface area contributed by atoms with Crippen LogP contribution in [0.15, 0.2) is 89.3 Å². The summed E-state index contributed by atoms with van der Waals surface area (Å²) in [7, 11) is 0. The van der Waals surface area contributed by atoms with Crippen LogP contribution in [0.25, 0.3) is 6.08 Å². The second-order valence-electron chi connectivity index (χ2n) is 9.35. The van der Waals surface area contributed by atoms with E-state index < -0.39 is 22.5 Å². The SMILES string of the molecule is CCOC(=O)C1=C(C)N=c2s/c(=C/c3cc([N+](=O)[O-])ccc3Sc3nc(C)cc(=O)[nH]3)c(=O)n2[C@@H]1c1ccc(SC)cc1. The second kappa shape index (κ2) is 12.5. The number of hydrogen-bond donors (Lipinski definition) is 1. The molecule has 0 saturated carbocycles. The zero-order valence-electron chi connectivity index (χ0n) is 23.4. The molecule has 0 amide bonds. The molecule has 220 valence electrons. The van der Waals surface area contributed by atoms with Crippen LogP contribution in [0.4, 0.5) is 5.69 Å². The van der Waals surface area contributed by atoms with E-state index in [0.717, 1.165) is 28.0 Å². The average molecular weight is 636 g/mol. The minimum Gasteiger partial charge on any atom is -0.463 e. The van der Waals surface area contributed by atoms with Crippen LogP contribution in [0.1, 0.15) is 36.7 Å². The molecule has 1 aliphatic rings. The minimum atomic E-state index is -0.783. The summed E-state index contributed by atoms with van der Waals surface area (Å²) in [6, 6.07) is 12.4. The normalized spacial score (nSPS) is 14.8. The van der Waals surface area contributed by atoms with Crippen molar-refractivity contribution in [2.75, 3.05) is 12.9 Å². The number of rotatable bonds is 8. The van der Waals surface area contributed by atoms with Crippen molar-refractivity contribution < 1.29 is 14.5 Å². The highest BCUT2D eigenvalue weighted by Gasteiger charge is 2.33. The third-order valence-corrected chi connectivity index (χ3v) is 9.20. The molecule has 2 aromatic carbocycles. The molecule has 2 aromatic heterocycles. The van der Waals surface area contributed by atoms with Crippen molar-refractivity contribution in [1.29, 1.82) is 0 Å². The molecule has 0 radical (unpaired) electrons. The van der Waals surface area contributed by atoms with Gasteiger partial charge in [0.05, 0.1) is 33.4 Å². The molecule has 0 fully saturated rings. The lowest BCUT2D eigenvalue weighted by molar-refractivity contribution is -0.384. The summed E-state index contributed by atoms with van der Waals surface area (Å²) in [5.41, 5.74) is 1.40. The highest BCUT2D eigenvalue weighted by Crippen LogP contribution is 2.33. The van der Waals surface area contributed by atoms with Gasteiger partial charge in [-0.2, -0.15) is 0 Å². The lowest BCUT2D eigenvalue weighted by Gasteiger charge is -2.24. The quantitative estimate of drug-likeness (QED) is 0.0998. The number of thioether (sulfide) groups is 1. The van der Waals surface area contributed by atoms with E-state index >= 15 is 0 Å². The number of non-ortho nitro benzene ring substituents is 1. The summed E-state index contributed by atoms with van der Waals surface area (Å²) in [5, 5.41) is 11.9. The Hall–Kier alpha value is -4.27. The summed E-state index contributed by atoms with van der Waals surface area (Å²) in [4.78, 5) is 63.8. The van der Waals surface area contributed by atoms with E-state index in [9.17, 15) is 24.5 Å². The lowest BCUT2D eigenvalue weighted by Crippen LogP contribution is -2.39. The Kier molecular flexibility index (Phi) is 8.80. The summed E-state index contributed by atoms with van der Waals surface area (Å²) >= 11 is 3.80. The molecule has 43 heavy (non-hydrogen) atoms. The molecule has 0 unspecified atom stereocenters. The van der Waals surface area contributed by atoms with Crippen LogP contribution >= 0.6 is 34.9 Å². The third-order valence-electron chi connectivity index (χ3n) is 6.49. The number of ether oxygens (including phenoxy) is 1. The van der Waals surface area contributed by atoms with E-state index in [1.807, 2.05) is 30.5 Å². The number of nitro benzene ring substituents is 1. The summed E-state index contributed by atoms with van der Waals surface area (Å²) < 4.78 is 7.08. The van der Waals surface area contributed by atoms with Crippen LogP contribution in [0.5, 0.6) is 0 Å². The Morgan fingerprint density at radius 1 is 1.19 bits per heavy atom. The molecule has 0 saturated heterocycles. The summed E-state index contributed by atoms with van der Waals surface area (Å²) in [5.74, 6) is -0.561. The summed E-state index contributed by atoms with van der Waals surface area (Å²) in [6.45, 7) is 5.26. The number of fused-ring (bicyclic) bond motifs is 1. The van der Waals surface area contributed by atoms with Crippen LogP contribution in [0.3, 0.4) is 0 Å². The number of aryl methyl sites for hydroxylation is 1. The van der Waals surface area contributed by atoms with Crippen LogP contribution < -0.4 is 20.5 Å². The largest absolute Gasteiger partial charge is 0.463 e. The zero-order valence-corrected chi connectivity index (χ0v) is 25.9. The van der Waals surface area contributed by atoms with E-state index in [1.54, 1.807) is 44.7 Å². The number of aromatic nitrogens is 3. The third kappa shape index (κ3) is 6.26. The van der Waals surface area contributed by atoms with Crippen molar-refractivity contribution in [3.8, 4) is 0 Å². The monoisotopic (exact) mass is 635 g/mol. The highest BCUT2D eigenvalue weighted by molar-refractivity contribution is 7.99. The van der Waals surface area contributed by atoms with E-state index in [-0.39, 0.29) is 28.0 Å². The first-order valence-corrected chi connectivity index (χ1v) is 15.8.